The zero-order valence-electron chi connectivity index (χ0n) is 14.1. The Morgan fingerprint density at radius 1 is 0.962 bits per heavy atom. The van der Waals surface area contributed by atoms with Crippen LogP contribution in [0.2, 0.25) is 0 Å². The number of hydrogen-bond acceptors (Lipinski definition) is 4. The van der Waals surface area contributed by atoms with Gasteiger partial charge in [-0.3, -0.25) is 19.3 Å². The average Bonchev–Trinajstić information content (AvgIpc) is 3.28. The zero-order chi connectivity index (χ0) is 18.1. The molecule has 5 nitrogen and oxygen atoms in total. The van der Waals surface area contributed by atoms with Gasteiger partial charge in [0.2, 0.25) is 5.91 Å². The average molecular weight is 366 g/mol. The van der Waals surface area contributed by atoms with Crippen molar-refractivity contribution in [1.82, 2.24) is 9.80 Å². The van der Waals surface area contributed by atoms with Crippen molar-refractivity contribution in [3.63, 3.8) is 0 Å². The zero-order valence-corrected chi connectivity index (χ0v) is 14.9. The van der Waals surface area contributed by atoms with Gasteiger partial charge < -0.3 is 4.90 Å². The predicted octanol–water partition coefficient (Wildman–Crippen LogP) is 3.26. The van der Waals surface area contributed by atoms with E-state index < -0.39 is 0 Å². The van der Waals surface area contributed by atoms with E-state index in [0.29, 0.717) is 25.1 Å². The van der Waals surface area contributed by atoms with E-state index in [1.54, 1.807) is 4.90 Å². The van der Waals surface area contributed by atoms with Gasteiger partial charge in [-0.15, -0.1) is 0 Å². The standard InChI is InChI=1S/C20H18N2O3S/c23-18-13-26-20(25)22(18)17-10-11-21(12-17)19(24)16-8-6-15(7-9-16)14-4-2-1-3-5-14/h1-9,17H,10-13H2. The van der Waals surface area contributed by atoms with Gasteiger partial charge in [0.1, 0.15) is 0 Å². The van der Waals surface area contributed by atoms with E-state index in [2.05, 4.69) is 0 Å². The van der Waals surface area contributed by atoms with Crippen LogP contribution in [0.4, 0.5) is 4.79 Å². The first-order valence-corrected chi connectivity index (χ1v) is 9.55. The molecule has 2 aromatic carbocycles. The normalized spacial score (nSPS) is 20.1. The maximum atomic E-state index is 12.8. The molecule has 0 aromatic heterocycles. The Kier molecular flexibility index (Phi) is 4.51. The van der Waals surface area contributed by atoms with Crippen molar-refractivity contribution in [2.45, 2.75) is 12.5 Å². The number of rotatable bonds is 3. The Morgan fingerprint density at radius 2 is 1.65 bits per heavy atom. The van der Waals surface area contributed by atoms with Gasteiger partial charge in [0, 0.05) is 18.7 Å². The summed E-state index contributed by atoms with van der Waals surface area (Å²) < 4.78 is 0. The summed E-state index contributed by atoms with van der Waals surface area (Å²) in [5.41, 5.74) is 2.79. The largest absolute Gasteiger partial charge is 0.336 e. The van der Waals surface area contributed by atoms with E-state index >= 15 is 0 Å². The van der Waals surface area contributed by atoms with Gasteiger partial charge >= 0.3 is 0 Å². The molecule has 26 heavy (non-hydrogen) atoms. The fourth-order valence-electron chi connectivity index (χ4n) is 3.47. The summed E-state index contributed by atoms with van der Waals surface area (Å²) in [6.45, 7) is 0.975. The third-order valence-electron chi connectivity index (χ3n) is 4.84. The minimum atomic E-state index is -0.197. The summed E-state index contributed by atoms with van der Waals surface area (Å²) in [5, 5.41) is -0.193. The highest BCUT2D eigenvalue weighted by molar-refractivity contribution is 8.14. The molecule has 0 saturated carbocycles. The lowest BCUT2D eigenvalue weighted by molar-refractivity contribution is -0.126. The Labute approximate surface area is 156 Å². The Bertz CT molecular complexity index is 835. The van der Waals surface area contributed by atoms with Gasteiger partial charge in [-0.05, 0) is 29.7 Å². The molecular weight excluding hydrogens is 348 g/mol. The van der Waals surface area contributed by atoms with Crippen LogP contribution in [0, 0.1) is 0 Å². The van der Waals surface area contributed by atoms with E-state index in [1.165, 1.54) is 4.90 Å². The quantitative estimate of drug-likeness (QED) is 0.837. The summed E-state index contributed by atoms with van der Waals surface area (Å²) in [5.74, 6) is 0.00917. The van der Waals surface area contributed by atoms with Crippen LogP contribution < -0.4 is 0 Å². The number of likely N-dealkylation sites (tertiary alicyclic amines) is 1. The molecule has 3 amide bonds. The lowest BCUT2D eigenvalue weighted by Crippen LogP contribution is -2.41. The number of thioether (sulfide) groups is 1. The third-order valence-corrected chi connectivity index (χ3v) is 5.67. The molecular formula is C20H18N2O3S. The van der Waals surface area contributed by atoms with Crippen molar-refractivity contribution < 1.29 is 14.4 Å². The summed E-state index contributed by atoms with van der Waals surface area (Å²) in [6.07, 6.45) is 0.645. The molecule has 2 aliphatic rings. The smallest absolute Gasteiger partial charge is 0.289 e. The molecule has 0 bridgehead atoms. The molecule has 1 atom stereocenters. The van der Waals surface area contributed by atoms with Crippen molar-refractivity contribution in [2.24, 2.45) is 0 Å². The number of carbonyl (C=O) groups excluding carboxylic acids is 3. The van der Waals surface area contributed by atoms with Gasteiger partial charge in [0.25, 0.3) is 11.1 Å². The second kappa shape index (κ2) is 6.96. The molecule has 132 valence electrons. The minimum Gasteiger partial charge on any atom is -0.336 e. The molecule has 2 heterocycles. The van der Waals surface area contributed by atoms with E-state index in [4.69, 9.17) is 0 Å². The maximum absolute atomic E-state index is 12.8. The van der Waals surface area contributed by atoms with Crippen LogP contribution in [-0.4, -0.2) is 51.7 Å². The van der Waals surface area contributed by atoms with Gasteiger partial charge in [0.05, 0.1) is 11.8 Å². The highest BCUT2D eigenvalue weighted by Gasteiger charge is 2.40. The molecule has 2 aromatic rings. The van der Waals surface area contributed by atoms with Crippen molar-refractivity contribution in [3.05, 3.63) is 60.2 Å². The molecule has 2 fully saturated rings. The van der Waals surface area contributed by atoms with Crippen molar-refractivity contribution in [3.8, 4) is 11.1 Å². The van der Waals surface area contributed by atoms with Crippen LogP contribution in [-0.2, 0) is 4.79 Å². The third kappa shape index (κ3) is 3.12. The number of amides is 3. The van der Waals surface area contributed by atoms with E-state index in [9.17, 15) is 14.4 Å². The predicted molar refractivity (Wildman–Crippen MR) is 101 cm³/mol. The summed E-state index contributed by atoms with van der Waals surface area (Å²) in [4.78, 5) is 39.5. The molecule has 0 radical (unpaired) electrons. The molecule has 2 aliphatic heterocycles. The summed E-state index contributed by atoms with van der Waals surface area (Å²) >= 11 is 1.04. The fourth-order valence-corrected chi connectivity index (χ4v) is 4.25. The molecule has 6 heteroatoms. The fraction of sp³-hybridized carbons (Fsp3) is 0.250. The van der Waals surface area contributed by atoms with E-state index in [-0.39, 0.29) is 28.8 Å². The van der Waals surface area contributed by atoms with E-state index in [1.807, 2.05) is 54.6 Å². The van der Waals surface area contributed by atoms with E-state index in [0.717, 1.165) is 22.9 Å². The van der Waals surface area contributed by atoms with Crippen LogP contribution in [0.15, 0.2) is 54.6 Å². The SMILES string of the molecule is O=C(c1ccc(-c2ccccc2)cc1)N1CCC(N2C(=O)CSC2=O)C1. The molecule has 0 aliphatic carbocycles. The Balaban J connectivity index is 1.45. The van der Waals surface area contributed by atoms with Crippen molar-refractivity contribution >= 4 is 28.8 Å². The van der Waals surface area contributed by atoms with Gasteiger partial charge in [-0.25, -0.2) is 0 Å². The van der Waals surface area contributed by atoms with Gasteiger partial charge in [0.15, 0.2) is 0 Å². The second-order valence-electron chi connectivity index (χ2n) is 6.46. The van der Waals surface area contributed by atoms with Crippen LogP contribution >= 0.6 is 11.8 Å². The van der Waals surface area contributed by atoms with Crippen LogP contribution in [0.25, 0.3) is 11.1 Å². The first-order chi connectivity index (χ1) is 12.6. The number of carbonyl (C=O) groups is 3. The molecule has 0 spiro atoms. The van der Waals surface area contributed by atoms with Crippen LogP contribution in [0.3, 0.4) is 0 Å². The minimum absolute atomic E-state index is 0.0566. The Morgan fingerprint density at radius 3 is 2.31 bits per heavy atom. The Hall–Kier alpha value is -2.60. The highest BCUT2D eigenvalue weighted by Crippen LogP contribution is 2.27. The molecule has 0 N–H and O–H groups in total. The van der Waals surface area contributed by atoms with Gasteiger partial charge in [-0.1, -0.05) is 54.2 Å². The molecule has 2 saturated heterocycles. The topological polar surface area (TPSA) is 57.7 Å². The molecule has 1 unspecified atom stereocenters. The monoisotopic (exact) mass is 366 g/mol. The summed E-state index contributed by atoms with van der Waals surface area (Å²) in [6, 6.07) is 17.4. The molecule has 4 rings (SSSR count). The van der Waals surface area contributed by atoms with Crippen molar-refractivity contribution in [1.29, 1.82) is 0 Å². The van der Waals surface area contributed by atoms with Crippen molar-refractivity contribution in [2.75, 3.05) is 18.8 Å². The number of imide groups is 1. The van der Waals surface area contributed by atoms with Crippen LogP contribution in [0.5, 0.6) is 0 Å². The highest BCUT2D eigenvalue weighted by atomic mass is 32.2. The van der Waals surface area contributed by atoms with Crippen LogP contribution in [0.1, 0.15) is 16.8 Å². The lowest BCUT2D eigenvalue weighted by atomic mass is 10.0. The summed E-state index contributed by atoms with van der Waals surface area (Å²) in [7, 11) is 0. The van der Waals surface area contributed by atoms with Gasteiger partial charge in [-0.2, -0.15) is 0 Å². The number of hydrogen-bond donors (Lipinski definition) is 0. The maximum Gasteiger partial charge on any atom is 0.289 e. The first-order valence-electron chi connectivity index (χ1n) is 8.57. The first kappa shape index (κ1) is 16.8. The number of nitrogens with zero attached hydrogens (tertiary/aromatic N) is 2. The lowest BCUT2D eigenvalue weighted by Gasteiger charge is -2.22. The number of benzene rings is 2. The second-order valence-corrected chi connectivity index (χ2v) is 7.38.